The van der Waals surface area contributed by atoms with Crippen LogP contribution < -0.4 is 14.9 Å². The summed E-state index contributed by atoms with van der Waals surface area (Å²) in [6, 6.07) is 19.9. The van der Waals surface area contributed by atoms with Crippen LogP contribution in [0.2, 0.25) is 0 Å². The highest BCUT2D eigenvalue weighted by Crippen LogP contribution is 2.24. The lowest BCUT2D eigenvalue weighted by Gasteiger charge is -2.28. The zero-order valence-electron chi connectivity index (χ0n) is 17.8. The minimum atomic E-state index is -2.63. The summed E-state index contributed by atoms with van der Waals surface area (Å²) in [4.78, 5) is 6.75. The van der Waals surface area contributed by atoms with Crippen LogP contribution in [0.25, 0.3) is 16.8 Å². The number of nitrogens with one attached hydrogen (secondary N) is 2. The van der Waals surface area contributed by atoms with E-state index in [2.05, 4.69) is 37.2 Å². The molecule has 2 aromatic heterocycles. The Hall–Kier alpha value is -3.47. The Morgan fingerprint density at radius 1 is 1.00 bits per heavy atom. The fourth-order valence-electron chi connectivity index (χ4n) is 3.88. The molecule has 10 heteroatoms. The largest absolute Gasteiger partial charge is 0.378 e. The number of morpholine rings is 1. The van der Waals surface area contributed by atoms with E-state index in [0.29, 0.717) is 5.95 Å². The number of ether oxygens (including phenoxy) is 1. The monoisotopic (exact) mass is 464 g/mol. The van der Waals surface area contributed by atoms with E-state index < -0.39 is 10.9 Å². The number of thiol groups is 1. The van der Waals surface area contributed by atoms with Crippen LogP contribution in [0.3, 0.4) is 0 Å². The van der Waals surface area contributed by atoms with Crippen molar-refractivity contribution in [3.8, 4) is 11.3 Å². The van der Waals surface area contributed by atoms with Gasteiger partial charge in [-0.15, -0.1) is 5.10 Å². The molecule has 0 radical (unpaired) electrons. The molecule has 0 aliphatic carbocycles. The first kappa shape index (κ1) is 21.4. The van der Waals surface area contributed by atoms with Crippen molar-refractivity contribution in [2.45, 2.75) is 6.54 Å². The van der Waals surface area contributed by atoms with Crippen molar-refractivity contribution in [1.82, 2.24) is 19.3 Å². The first-order valence-electron chi connectivity index (χ1n) is 10.7. The third-order valence-corrected chi connectivity index (χ3v) is 5.95. The molecule has 5 rings (SSSR count). The van der Waals surface area contributed by atoms with Gasteiger partial charge in [-0.05, 0) is 48.0 Å². The van der Waals surface area contributed by atoms with Crippen molar-refractivity contribution in [2.24, 2.45) is 0 Å². The first-order chi connectivity index (χ1) is 16.2. The van der Waals surface area contributed by atoms with Gasteiger partial charge in [0.05, 0.1) is 30.6 Å². The van der Waals surface area contributed by atoms with Gasteiger partial charge in [-0.3, -0.25) is 0 Å². The lowest BCUT2D eigenvalue weighted by atomic mass is 10.1. The van der Waals surface area contributed by atoms with Crippen LogP contribution in [0.1, 0.15) is 5.56 Å². The maximum Gasteiger partial charge on any atom is 0.245 e. The summed E-state index contributed by atoms with van der Waals surface area (Å²) in [5.74, 6) is 0.486. The molecule has 170 valence electrons. The Balaban J connectivity index is 1.37. The molecule has 0 saturated carbocycles. The highest BCUT2D eigenvalue weighted by Gasteiger charge is 2.12. The Kier molecular flexibility index (Phi) is 6.20. The molecule has 0 unspecified atom stereocenters. The summed E-state index contributed by atoms with van der Waals surface area (Å²) in [5.41, 5.74) is 5.64. The van der Waals surface area contributed by atoms with Gasteiger partial charge in [0.2, 0.25) is 16.8 Å². The summed E-state index contributed by atoms with van der Waals surface area (Å²) >= 11 is 0. The molecule has 9 nitrogen and oxygen atoms in total. The number of rotatable bonds is 7. The standard InChI is InChI=1S/C23H24N6O3S/c30-33(31)25-15-17-2-1-3-18(14-17)22-9-8-21-16-24-23(27-29(21)22)26-19-4-6-20(7-5-19)28-10-12-32-13-11-28/h1-9,14,16,33H,10-13,15H2,(H,26,27)(H,25,30,31). The van der Waals surface area contributed by atoms with Gasteiger partial charge in [-0.2, -0.15) is 0 Å². The number of hydrogen-bond donors (Lipinski definition) is 3. The second-order valence-electron chi connectivity index (χ2n) is 7.70. The normalized spacial score (nSPS) is 14.2. The number of nitrogens with zero attached hydrogens (tertiary/aromatic N) is 4. The second kappa shape index (κ2) is 9.57. The third kappa shape index (κ3) is 4.98. The zero-order chi connectivity index (χ0) is 22.6. The molecule has 0 spiro atoms. The maximum absolute atomic E-state index is 10.8. The predicted molar refractivity (Wildman–Crippen MR) is 128 cm³/mol. The number of aromatic nitrogens is 3. The number of fused-ring (bicyclic) bond motifs is 1. The molecule has 1 fully saturated rings. The predicted octanol–water partition coefficient (Wildman–Crippen LogP) is 2.59. The van der Waals surface area contributed by atoms with Crippen LogP contribution in [0, 0.1) is 0 Å². The lowest BCUT2D eigenvalue weighted by molar-refractivity contribution is 0.122. The summed E-state index contributed by atoms with van der Waals surface area (Å²) in [6.07, 6.45) is 1.77. The van der Waals surface area contributed by atoms with E-state index in [9.17, 15) is 8.42 Å². The van der Waals surface area contributed by atoms with Crippen molar-refractivity contribution in [2.75, 3.05) is 36.5 Å². The average Bonchev–Trinajstić information content (AvgIpc) is 3.27. The van der Waals surface area contributed by atoms with Gasteiger partial charge in [-0.1, -0.05) is 18.2 Å². The van der Waals surface area contributed by atoms with E-state index in [-0.39, 0.29) is 6.54 Å². The van der Waals surface area contributed by atoms with Crippen LogP contribution in [0.15, 0.2) is 66.9 Å². The van der Waals surface area contributed by atoms with Gasteiger partial charge in [0.1, 0.15) is 0 Å². The van der Waals surface area contributed by atoms with E-state index in [1.54, 1.807) is 6.20 Å². The Bertz CT molecular complexity index is 1320. The highest BCUT2D eigenvalue weighted by atomic mass is 32.2. The van der Waals surface area contributed by atoms with Crippen LogP contribution in [-0.2, 0) is 22.2 Å². The molecule has 2 aromatic carbocycles. The quantitative estimate of drug-likeness (QED) is 0.362. The smallest absolute Gasteiger partial charge is 0.245 e. The van der Waals surface area contributed by atoms with Crippen molar-refractivity contribution in [3.05, 3.63) is 72.4 Å². The number of anilines is 3. The summed E-state index contributed by atoms with van der Waals surface area (Å²) in [6.45, 7) is 3.55. The van der Waals surface area contributed by atoms with Crippen LogP contribution in [0.4, 0.5) is 17.3 Å². The Labute approximate surface area is 193 Å². The van der Waals surface area contributed by atoms with E-state index in [1.807, 2.05) is 53.0 Å². The summed E-state index contributed by atoms with van der Waals surface area (Å²) < 4.78 is 31.4. The molecule has 1 saturated heterocycles. The second-order valence-corrected chi connectivity index (χ2v) is 8.53. The Morgan fingerprint density at radius 2 is 1.82 bits per heavy atom. The minimum absolute atomic E-state index is 0.248. The molecule has 3 heterocycles. The van der Waals surface area contributed by atoms with Crippen LogP contribution in [0.5, 0.6) is 0 Å². The Morgan fingerprint density at radius 3 is 2.61 bits per heavy atom. The van der Waals surface area contributed by atoms with Crippen molar-refractivity contribution in [1.29, 1.82) is 0 Å². The van der Waals surface area contributed by atoms with Gasteiger partial charge >= 0.3 is 0 Å². The summed E-state index contributed by atoms with van der Waals surface area (Å²) in [7, 11) is -2.63. The van der Waals surface area contributed by atoms with Gasteiger partial charge in [-0.25, -0.2) is 22.6 Å². The average molecular weight is 465 g/mol. The molecule has 2 N–H and O–H groups in total. The lowest BCUT2D eigenvalue weighted by Crippen LogP contribution is -2.36. The highest BCUT2D eigenvalue weighted by molar-refractivity contribution is 7.70. The topological polar surface area (TPSA) is 101 Å². The molecule has 33 heavy (non-hydrogen) atoms. The molecule has 1 aliphatic rings. The zero-order valence-corrected chi connectivity index (χ0v) is 18.7. The SMILES string of the molecule is O=[SH](=O)NCc1cccc(-c2ccc3cnc(Nc4ccc(N5CCOCC5)cc4)nn23)c1. The minimum Gasteiger partial charge on any atom is -0.378 e. The maximum atomic E-state index is 10.8. The first-order valence-corrected chi connectivity index (χ1v) is 11.9. The molecule has 0 amide bonds. The van der Waals surface area contributed by atoms with Crippen LogP contribution >= 0.6 is 0 Å². The molecule has 1 aliphatic heterocycles. The fourth-order valence-corrected chi connectivity index (χ4v) is 4.19. The van der Waals surface area contributed by atoms with Crippen molar-refractivity contribution >= 4 is 33.7 Å². The number of hydrogen-bond acceptors (Lipinski definition) is 7. The van der Waals surface area contributed by atoms with Crippen molar-refractivity contribution < 1.29 is 13.2 Å². The van der Waals surface area contributed by atoms with E-state index in [4.69, 9.17) is 4.74 Å². The molecule has 0 atom stereocenters. The summed E-state index contributed by atoms with van der Waals surface area (Å²) in [5, 5.41) is 7.95. The van der Waals surface area contributed by atoms with Gasteiger partial charge in [0.15, 0.2) is 0 Å². The molecule has 0 bridgehead atoms. The van der Waals surface area contributed by atoms with Crippen molar-refractivity contribution in [3.63, 3.8) is 0 Å². The van der Waals surface area contributed by atoms with Gasteiger partial charge < -0.3 is 15.0 Å². The molecular weight excluding hydrogens is 440 g/mol. The van der Waals surface area contributed by atoms with E-state index >= 15 is 0 Å². The molecule has 4 aromatic rings. The molecular formula is C23H24N6O3S. The fraction of sp³-hybridized carbons (Fsp3) is 0.217. The number of benzene rings is 2. The van der Waals surface area contributed by atoms with Gasteiger partial charge in [0, 0.05) is 36.6 Å². The third-order valence-electron chi connectivity index (χ3n) is 5.53. The van der Waals surface area contributed by atoms with E-state index in [1.165, 1.54) is 5.69 Å². The van der Waals surface area contributed by atoms with Crippen LogP contribution in [-0.4, -0.2) is 49.3 Å². The van der Waals surface area contributed by atoms with Gasteiger partial charge in [0.25, 0.3) is 0 Å². The van der Waals surface area contributed by atoms with E-state index in [0.717, 1.165) is 54.3 Å².